The lowest BCUT2D eigenvalue weighted by atomic mass is 10.0. The molecule has 0 saturated carbocycles. The Morgan fingerprint density at radius 1 is 1.31 bits per heavy atom. The second-order valence-corrected chi connectivity index (χ2v) is 8.73. The van der Waals surface area contributed by atoms with Crippen molar-refractivity contribution in [3.05, 3.63) is 59.5 Å². The van der Waals surface area contributed by atoms with Crippen molar-refractivity contribution in [1.82, 2.24) is 8.87 Å². The summed E-state index contributed by atoms with van der Waals surface area (Å²) in [5, 5.41) is 10.9. The summed E-state index contributed by atoms with van der Waals surface area (Å²) in [6.07, 6.45) is 10.9. The Bertz CT molecular complexity index is 1100. The van der Waals surface area contributed by atoms with Crippen molar-refractivity contribution in [3.8, 4) is 11.8 Å². The van der Waals surface area contributed by atoms with Crippen LogP contribution in [-0.4, -0.2) is 32.5 Å². The van der Waals surface area contributed by atoms with Gasteiger partial charge in [0, 0.05) is 36.0 Å². The molecule has 1 aliphatic heterocycles. The van der Waals surface area contributed by atoms with E-state index < -0.39 is 11.0 Å². The molecule has 0 radical (unpaired) electrons. The number of allylic oxidation sites excluding steroid dienone is 5. The standard InChI is InChI=1S/C23H25N3O2S/c1-3-12-25-22-15-19(28-2)10-11-20(22)21(16-24)23(25)17-6-4-7-18(9-8-17)26-13-5-14-29(26)27/h4,7-11,15H,3,5-6,12-14H2,1-2H3. The van der Waals surface area contributed by atoms with Gasteiger partial charge in [0.15, 0.2) is 0 Å². The Morgan fingerprint density at radius 3 is 2.86 bits per heavy atom. The summed E-state index contributed by atoms with van der Waals surface area (Å²) in [6.45, 7) is 3.80. The highest BCUT2D eigenvalue weighted by Gasteiger charge is 2.23. The van der Waals surface area contributed by atoms with Crippen molar-refractivity contribution >= 4 is 27.5 Å². The number of fused-ring (bicyclic) bond motifs is 1. The van der Waals surface area contributed by atoms with Crippen molar-refractivity contribution < 1.29 is 8.95 Å². The van der Waals surface area contributed by atoms with Crippen molar-refractivity contribution in [3.63, 3.8) is 0 Å². The van der Waals surface area contributed by atoms with Crippen LogP contribution in [0.2, 0.25) is 0 Å². The number of hydrogen-bond acceptors (Lipinski definition) is 3. The number of benzene rings is 1. The van der Waals surface area contributed by atoms with Gasteiger partial charge in [0.05, 0.1) is 23.9 Å². The first kappa shape index (κ1) is 19.5. The van der Waals surface area contributed by atoms with Gasteiger partial charge in [-0.2, -0.15) is 5.26 Å². The Balaban J connectivity index is 1.86. The number of aromatic nitrogens is 1. The van der Waals surface area contributed by atoms with Gasteiger partial charge in [-0.25, -0.2) is 4.21 Å². The van der Waals surface area contributed by atoms with Crippen LogP contribution in [-0.2, 0) is 17.5 Å². The zero-order valence-electron chi connectivity index (χ0n) is 16.9. The summed E-state index contributed by atoms with van der Waals surface area (Å²) in [6, 6.07) is 8.33. The summed E-state index contributed by atoms with van der Waals surface area (Å²) in [5.74, 6) is 1.52. The second kappa shape index (κ2) is 8.30. The Morgan fingerprint density at radius 2 is 2.17 bits per heavy atom. The Labute approximate surface area is 174 Å². The van der Waals surface area contributed by atoms with E-state index in [9.17, 15) is 9.47 Å². The molecule has 150 valence electrons. The first-order chi connectivity index (χ1) is 14.2. The van der Waals surface area contributed by atoms with Crippen LogP contribution in [0.3, 0.4) is 0 Å². The number of methoxy groups -OCH3 is 1. The molecule has 2 aromatic rings. The minimum atomic E-state index is -0.938. The van der Waals surface area contributed by atoms with E-state index in [1.807, 2.05) is 28.6 Å². The molecular weight excluding hydrogens is 382 g/mol. The molecule has 1 aromatic heterocycles. The molecule has 1 saturated heterocycles. The number of rotatable bonds is 5. The monoisotopic (exact) mass is 407 g/mol. The highest BCUT2D eigenvalue weighted by atomic mass is 32.2. The van der Waals surface area contributed by atoms with E-state index in [0.29, 0.717) is 5.56 Å². The summed E-state index contributed by atoms with van der Waals surface area (Å²) in [4.78, 5) is 0. The van der Waals surface area contributed by atoms with E-state index in [1.165, 1.54) is 0 Å². The van der Waals surface area contributed by atoms with Crippen LogP contribution in [0.5, 0.6) is 5.75 Å². The average molecular weight is 408 g/mol. The molecule has 1 aromatic carbocycles. The first-order valence-corrected chi connectivity index (χ1v) is 11.3. The predicted molar refractivity (Wildman–Crippen MR) is 118 cm³/mol. The quantitative estimate of drug-likeness (QED) is 0.732. The van der Waals surface area contributed by atoms with E-state index in [0.717, 1.165) is 71.7 Å². The number of aryl methyl sites for hydroxylation is 1. The predicted octanol–water partition coefficient (Wildman–Crippen LogP) is 4.53. The average Bonchev–Trinajstić information content (AvgIpc) is 3.20. The highest BCUT2D eigenvalue weighted by Crippen LogP contribution is 2.35. The molecule has 1 fully saturated rings. The maximum atomic E-state index is 12.2. The summed E-state index contributed by atoms with van der Waals surface area (Å²) >= 11 is 0. The molecule has 29 heavy (non-hydrogen) atoms. The molecule has 1 atom stereocenters. The largest absolute Gasteiger partial charge is 0.497 e. The third-order valence-corrected chi connectivity index (χ3v) is 6.95. The number of hydrogen-bond donors (Lipinski definition) is 0. The third kappa shape index (κ3) is 3.51. The summed E-state index contributed by atoms with van der Waals surface area (Å²) < 4.78 is 21.9. The minimum absolute atomic E-state index is 0.706. The van der Waals surface area contributed by atoms with Gasteiger partial charge in [0.2, 0.25) is 0 Å². The molecule has 0 amide bonds. The van der Waals surface area contributed by atoms with Crippen LogP contribution in [0.25, 0.3) is 16.5 Å². The molecule has 0 N–H and O–H groups in total. The van der Waals surface area contributed by atoms with Gasteiger partial charge in [-0.15, -0.1) is 0 Å². The SMILES string of the molecule is CCCn1c(C2=CC=C(N3CCCS3=O)C=CC2)c(C#N)c2ccc(OC)cc21. The number of ether oxygens (including phenoxy) is 1. The third-order valence-electron chi connectivity index (χ3n) is 5.43. The Hall–Kier alpha value is -2.78. The lowest BCUT2D eigenvalue weighted by molar-refractivity contribution is 0.415. The fourth-order valence-corrected chi connectivity index (χ4v) is 5.39. The van der Waals surface area contributed by atoms with Gasteiger partial charge >= 0.3 is 0 Å². The van der Waals surface area contributed by atoms with Gasteiger partial charge in [0.1, 0.15) is 22.8 Å². The van der Waals surface area contributed by atoms with Crippen LogP contribution in [0.4, 0.5) is 0 Å². The fourth-order valence-electron chi connectivity index (χ4n) is 4.11. The number of nitriles is 1. The molecule has 5 nitrogen and oxygen atoms in total. The van der Waals surface area contributed by atoms with Crippen molar-refractivity contribution in [2.24, 2.45) is 0 Å². The molecule has 6 heteroatoms. The maximum Gasteiger partial charge on any atom is 0.120 e. The van der Waals surface area contributed by atoms with Crippen LogP contribution in [0, 0.1) is 11.3 Å². The molecule has 1 aliphatic carbocycles. The molecule has 0 bridgehead atoms. The zero-order chi connectivity index (χ0) is 20.4. The molecule has 2 heterocycles. The smallest absolute Gasteiger partial charge is 0.120 e. The van der Waals surface area contributed by atoms with E-state index >= 15 is 0 Å². The van der Waals surface area contributed by atoms with Crippen LogP contribution in [0.15, 0.2) is 48.2 Å². The maximum absolute atomic E-state index is 12.2. The van der Waals surface area contributed by atoms with E-state index in [2.05, 4.69) is 35.8 Å². The van der Waals surface area contributed by atoms with Crippen LogP contribution < -0.4 is 4.74 Å². The van der Waals surface area contributed by atoms with Crippen molar-refractivity contribution in [2.45, 2.75) is 32.7 Å². The Kier molecular flexibility index (Phi) is 5.59. The molecule has 0 spiro atoms. The van der Waals surface area contributed by atoms with E-state index in [4.69, 9.17) is 4.74 Å². The molecular formula is C23H25N3O2S. The van der Waals surface area contributed by atoms with Gasteiger partial charge in [0.25, 0.3) is 0 Å². The highest BCUT2D eigenvalue weighted by molar-refractivity contribution is 7.83. The van der Waals surface area contributed by atoms with Crippen LogP contribution in [0.1, 0.15) is 37.4 Å². The second-order valence-electron chi connectivity index (χ2n) is 7.24. The van der Waals surface area contributed by atoms with E-state index in [1.54, 1.807) is 7.11 Å². The van der Waals surface area contributed by atoms with E-state index in [-0.39, 0.29) is 0 Å². The normalized spacial score (nSPS) is 19.1. The number of nitrogens with zero attached hydrogens (tertiary/aromatic N) is 3. The lowest BCUT2D eigenvalue weighted by Gasteiger charge is -2.16. The molecule has 4 rings (SSSR count). The minimum Gasteiger partial charge on any atom is -0.497 e. The van der Waals surface area contributed by atoms with Crippen LogP contribution >= 0.6 is 0 Å². The first-order valence-electron chi connectivity index (χ1n) is 10.0. The lowest BCUT2D eigenvalue weighted by Crippen LogP contribution is -2.18. The van der Waals surface area contributed by atoms with Crippen molar-refractivity contribution in [2.75, 3.05) is 19.4 Å². The fraction of sp³-hybridized carbons (Fsp3) is 0.348. The molecule has 1 unspecified atom stereocenters. The van der Waals surface area contributed by atoms with Gasteiger partial charge < -0.3 is 9.30 Å². The van der Waals surface area contributed by atoms with Gasteiger partial charge in [-0.3, -0.25) is 4.31 Å². The zero-order valence-corrected chi connectivity index (χ0v) is 17.7. The molecule has 2 aliphatic rings. The van der Waals surface area contributed by atoms with Crippen molar-refractivity contribution in [1.29, 1.82) is 5.26 Å². The van der Waals surface area contributed by atoms with Gasteiger partial charge in [-0.05, 0) is 49.1 Å². The summed E-state index contributed by atoms with van der Waals surface area (Å²) in [7, 11) is 0.722. The van der Waals surface area contributed by atoms with Gasteiger partial charge in [-0.1, -0.05) is 19.1 Å². The summed E-state index contributed by atoms with van der Waals surface area (Å²) in [5.41, 5.74) is 4.78. The topological polar surface area (TPSA) is 58.3 Å².